The molecular formula is C25H25NO5S. The number of carbonyl (C=O) groups excluding carboxylic acids is 3. The lowest BCUT2D eigenvalue weighted by molar-refractivity contribution is -0.149. The Kier molecular flexibility index (Phi) is 6.02. The Hall–Kier alpha value is -3.19. The van der Waals surface area contributed by atoms with E-state index in [1.54, 1.807) is 0 Å². The number of Topliss-reactive ketones (excluding diaryl/α,β-unsaturated/α-hetero) is 1. The van der Waals surface area contributed by atoms with Gasteiger partial charge in [0.15, 0.2) is 5.78 Å². The molecule has 166 valence electrons. The average Bonchev–Trinajstić information content (AvgIpc) is 3.32. The number of ketones is 1. The highest BCUT2D eigenvalue weighted by atomic mass is 32.1. The van der Waals surface area contributed by atoms with Crippen LogP contribution < -0.4 is 5.32 Å². The lowest BCUT2D eigenvalue weighted by atomic mass is 9.68. The largest absolute Gasteiger partial charge is 0.468 e. The normalized spacial score (nSPS) is 22.9. The number of benzene rings is 1. The molecule has 32 heavy (non-hydrogen) atoms. The molecule has 2 aromatic rings. The van der Waals surface area contributed by atoms with Crippen LogP contribution in [0.15, 0.2) is 64.3 Å². The van der Waals surface area contributed by atoms with Crippen molar-refractivity contribution in [3.63, 3.8) is 0 Å². The van der Waals surface area contributed by atoms with Crippen LogP contribution >= 0.6 is 11.3 Å². The van der Waals surface area contributed by atoms with E-state index in [-0.39, 0.29) is 11.7 Å². The second kappa shape index (κ2) is 8.74. The van der Waals surface area contributed by atoms with Gasteiger partial charge in [0.05, 0.1) is 19.8 Å². The molecule has 6 nitrogen and oxygen atoms in total. The zero-order valence-electron chi connectivity index (χ0n) is 18.4. The van der Waals surface area contributed by atoms with Crippen molar-refractivity contribution < 1.29 is 23.9 Å². The molecule has 2 heterocycles. The molecule has 1 aromatic heterocycles. The number of hydrogen-bond acceptors (Lipinski definition) is 7. The number of thiophene rings is 1. The van der Waals surface area contributed by atoms with E-state index in [1.165, 1.54) is 25.6 Å². The summed E-state index contributed by atoms with van der Waals surface area (Å²) >= 11 is 1.52. The van der Waals surface area contributed by atoms with Crippen molar-refractivity contribution in [2.75, 3.05) is 14.2 Å². The Bertz CT molecular complexity index is 1140. The Morgan fingerprint density at radius 3 is 2.44 bits per heavy atom. The standard InChI is InChI=1S/C25H25NO5S/c1-13-8-5-6-9-15(13)20-19(24(28)30-3)14(2)26-17-12-16(18-10-7-11-32-18)21(25(29)31-4)23(27)22(17)20/h5-11,16,20-21,26H,12H2,1-4H3/t16-,20+,21+/m1/s1. The second-order valence-corrected chi connectivity index (χ2v) is 9.01. The fourth-order valence-electron chi connectivity index (χ4n) is 4.80. The molecule has 0 radical (unpaired) electrons. The quantitative estimate of drug-likeness (QED) is 0.559. The van der Waals surface area contributed by atoms with Crippen molar-refractivity contribution in [2.45, 2.75) is 32.1 Å². The first-order chi connectivity index (χ1) is 15.4. The maximum Gasteiger partial charge on any atom is 0.336 e. The van der Waals surface area contributed by atoms with Crippen molar-refractivity contribution in [3.8, 4) is 0 Å². The maximum absolute atomic E-state index is 14.0. The van der Waals surface area contributed by atoms with Crippen LogP contribution in [-0.4, -0.2) is 31.9 Å². The number of ether oxygens (including phenoxy) is 2. The Morgan fingerprint density at radius 1 is 1.06 bits per heavy atom. The molecule has 1 N–H and O–H groups in total. The lowest BCUT2D eigenvalue weighted by Gasteiger charge is -2.39. The summed E-state index contributed by atoms with van der Waals surface area (Å²) in [5.41, 5.74) is 4.00. The van der Waals surface area contributed by atoms with Crippen LogP contribution in [0.5, 0.6) is 0 Å². The molecule has 0 unspecified atom stereocenters. The molecule has 0 saturated heterocycles. The van der Waals surface area contributed by atoms with E-state index >= 15 is 0 Å². The van der Waals surface area contributed by atoms with E-state index in [2.05, 4.69) is 5.32 Å². The molecule has 0 bridgehead atoms. The fraction of sp³-hybridized carbons (Fsp3) is 0.320. The number of methoxy groups -OCH3 is 2. The van der Waals surface area contributed by atoms with Crippen molar-refractivity contribution in [3.05, 3.63) is 80.3 Å². The summed E-state index contributed by atoms with van der Waals surface area (Å²) in [6, 6.07) is 11.5. The van der Waals surface area contributed by atoms with Gasteiger partial charge in [0, 0.05) is 33.7 Å². The van der Waals surface area contributed by atoms with Gasteiger partial charge in [-0.1, -0.05) is 30.3 Å². The number of hydrogen-bond donors (Lipinski definition) is 1. The number of allylic oxidation sites excluding steroid dienone is 3. The molecule has 1 aliphatic heterocycles. The Balaban J connectivity index is 1.93. The third-order valence-electron chi connectivity index (χ3n) is 6.29. The monoisotopic (exact) mass is 451 g/mol. The van der Waals surface area contributed by atoms with E-state index < -0.39 is 23.8 Å². The van der Waals surface area contributed by atoms with Crippen LogP contribution in [0.25, 0.3) is 0 Å². The zero-order valence-corrected chi connectivity index (χ0v) is 19.2. The third-order valence-corrected chi connectivity index (χ3v) is 7.29. The van der Waals surface area contributed by atoms with E-state index in [9.17, 15) is 14.4 Å². The van der Waals surface area contributed by atoms with Gasteiger partial charge in [0.2, 0.25) is 0 Å². The summed E-state index contributed by atoms with van der Waals surface area (Å²) in [6.45, 7) is 3.76. The van der Waals surface area contributed by atoms with Crippen molar-refractivity contribution in [1.29, 1.82) is 0 Å². The molecule has 0 fully saturated rings. The number of dihydropyridines is 1. The minimum absolute atomic E-state index is 0.314. The predicted molar refractivity (Wildman–Crippen MR) is 121 cm³/mol. The summed E-state index contributed by atoms with van der Waals surface area (Å²) in [5, 5.41) is 5.23. The molecule has 2 aliphatic rings. The number of aryl methyl sites for hydroxylation is 1. The van der Waals surface area contributed by atoms with Crippen LogP contribution in [0, 0.1) is 12.8 Å². The van der Waals surface area contributed by atoms with Gasteiger partial charge in [-0.25, -0.2) is 4.79 Å². The van der Waals surface area contributed by atoms with E-state index in [0.717, 1.165) is 21.7 Å². The highest BCUT2D eigenvalue weighted by Gasteiger charge is 2.49. The molecule has 7 heteroatoms. The Morgan fingerprint density at radius 2 is 1.81 bits per heavy atom. The molecule has 0 amide bonds. The van der Waals surface area contributed by atoms with Gasteiger partial charge in [-0.05, 0) is 42.8 Å². The van der Waals surface area contributed by atoms with Crippen molar-refractivity contribution >= 4 is 29.1 Å². The van der Waals surface area contributed by atoms with Gasteiger partial charge in [-0.2, -0.15) is 0 Å². The number of esters is 2. The van der Waals surface area contributed by atoms with E-state index in [0.29, 0.717) is 23.3 Å². The highest BCUT2D eigenvalue weighted by molar-refractivity contribution is 7.10. The van der Waals surface area contributed by atoms with Crippen molar-refractivity contribution in [2.24, 2.45) is 5.92 Å². The first-order valence-electron chi connectivity index (χ1n) is 10.4. The van der Waals surface area contributed by atoms with Gasteiger partial charge in [0.1, 0.15) is 5.92 Å². The molecule has 0 spiro atoms. The topological polar surface area (TPSA) is 81.7 Å². The van der Waals surface area contributed by atoms with Crippen LogP contribution in [0.2, 0.25) is 0 Å². The van der Waals surface area contributed by atoms with E-state index in [4.69, 9.17) is 9.47 Å². The van der Waals surface area contributed by atoms with Gasteiger partial charge < -0.3 is 14.8 Å². The van der Waals surface area contributed by atoms with Crippen molar-refractivity contribution in [1.82, 2.24) is 5.32 Å². The molecule has 3 atom stereocenters. The Labute approximate surface area is 190 Å². The second-order valence-electron chi connectivity index (χ2n) is 8.03. The first kappa shape index (κ1) is 22.0. The van der Waals surface area contributed by atoms with Crippen LogP contribution in [0.3, 0.4) is 0 Å². The zero-order chi connectivity index (χ0) is 23.0. The predicted octanol–water partition coefficient (Wildman–Crippen LogP) is 3.99. The average molecular weight is 452 g/mol. The molecular weight excluding hydrogens is 426 g/mol. The smallest absolute Gasteiger partial charge is 0.336 e. The van der Waals surface area contributed by atoms with E-state index in [1.807, 2.05) is 55.6 Å². The summed E-state index contributed by atoms with van der Waals surface area (Å²) in [5.74, 6) is -3.30. The molecule has 1 aliphatic carbocycles. The third kappa shape index (κ3) is 3.56. The molecule has 1 aromatic carbocycles. The van der Waals surface area contributed by atoms with Gasteiger partial charge in [-0.3, -0.25) is 9.59 Å². The van der Waals surface area contributed by atoms with Crippen LogP contribution in [0.1, 0.15) is 41.2 Å². The molecule has 0 saturated carbocycles. The lowest BCUT2D eigenvalue weighted by Crippen LogP contribution is -2.43. The summed E-state index contributed by atoms with van der Waals surface area (Å²) in [7, 11) is 2.63. The number of carbonyl (C=O) groups is 3. The van der Waals surface area contributed by atoms with Gasteiger partial charge >= 0.3 is 11.9 Å². The summed E-state index contributed by atoms with van der Waals surface area (Å²) < 4.78 is 10.1. The van der Waals surface area contributed by atoms with Crippen LogP contribution in [0.4, 0.5) is 0 Å². The minimum atomic E-state index is -0.969. The highest BCUT2D eigenvalue weighted by Crippen LogP contribution is 2.49. The number of nitrogens with one attached hydrogen (secondary N) is 1. The SMILES string of the molecule is COC(=O)C1=C(C)NC2=C(C(=O)[C@@H](C(=O)OC)[C@@H](c3cccs3)C2)[C@H]1c1ccccc1C. The maximum atomic E-state index is 14.0. The van der Waals surface area contributed by atoms with Gasteiger partial charge in [-0.15, -0.1) is 11.3 Å². The number of rotatable bonds is 4. The molecule has 4 rings (SSSR count). The summed E-state index contributed by atoms with van der Waals surface area (Å²) in [4.78, 5) is 40.6. The first-order valence-corrected chi connectivity index (χ1v) is 11.3. The van der Waals surface area contributed by atoms with Crippen LogP contribution in [-0.2, 0) is 23.9 Å². The summed E-state index contributed by atoms with van der Waals surface area (Å²) in [6.07, 6.45) is 0.468. The minimum Gasteiger partial charge on any atom is -0.468 e. The van der Waals surface area contributed by atoms with Gasteiger partial charge in [0.25, 0.3) is 0 Å². The fourth-order valence-corrected chi connectivity index (χ4v) is 5.67.